The fourth-order valence-corrected chi connectivity index (χ4v) is 1.88. The van der Waals surface area contributed by atoms with E-state index in [9.17, 15) is 14.0 Å². The van der Waals surface area contributed by atoms with Crippen molar-refractivity contribution in [2.24, 2.45) is 0 Å². The summed E-state index contributed by atoms with van der Waals surface area (Å²) in [6.45, 7) is 2.24. The predicted molar refractivity (Wildman–Crippen MR) is 59.5 cm³/mol. The summed E-state index contributed by atoms with van der Waals surface area (Å²) < 4.78 is 14.6. The number of Topliss-reactive ketones (excluding diaryl/α,β-unsaturated/α-hetero) is 1. The van der Waals surface area contributed by atoms with Gasteiger partial charge in [-0.15, -0.1) is 0 Å². The highest BCUT2D eigenvalue weighted by Gasteiger charge is 2.20. The SMILES string of the molecule is CCn1c(C(=O)C(=O)O)cc2cc(F)ccc21. The Kier molecular flexibility index (Phi) is 2.67. The summed E-state index contributed by atoms with van der Waals surface area (Å²) in [6.07, 6.45) is 0. The lowest BCUT2D eigenvalue weighted by Gasteiger charge is -2.04. The standard InChI is InChI=1S/C12H10FNO3/c1-2-14-9-4-3-8(13)5-7(9)6-10(14)11(15)12(16)17/h3-6H,2H2,1H3,(H,16,17). The van der Waals surface area contributed by atoms with Crippen LogP contribution in [0, 0.1) is 5.82 Å². The summed E-state index contributed by atoms with van der Waals surface area (Å²) in [5.41, 5.74) is 0.721. The summed E-state index contributed by atoms with van der Waals surface area (Å²) in [5.74, 6) is -2.91. The lowest BCUT2D eigenvalue weighted by atomic mass is 10.2. The van der Waals surface area contributed by atoms with Crippen molar-refractivity contribution in [2.45, 2.75) is 13.5 Å². The molecule has 0 atom stereocenters. The highest BCUT2D eigenvalue weighted by atomic mass is 19.1. The van der Waals surface area contributed by atoms with E-state index in [0.717, 1.165) is 0 Å². The second-order valence-electron chi connectivity index (χ2n) is 3.61. The molecule has 0 saturated carbocycles. The lowest BCUT2D eigenvalue weighted by Crippen LogP contribution is -2.17. The number of carboxylic acid groups (broad SMARTS) is 1. The van der Waals surface area contributed by atoms with E-state index in [-0.39, 0.29) is 5.69 Å². The fourth-order valence-electron chi connectivity index (χ4n) is 1.88. The number of rotatable bonds is 3. The molecule has 0 aliphatic heterocycles. The number of benzene rings is 1. The molecule has 0 spiro atoms. The van der Waals surface area contributed by atoms with Gasteiger partial charge in [-0.05, 0) is 31.2 Å². The molecule has 0 bridgehead atoms. The summed E-state index contributed by atoms with van der Waals surface area (Å²) >= 11 is 0. The number of hydrogen-bond donors (Lipinski definition) is 1. The highest BCUT2D eigenvalue weighted by Crippen LogP contribution is 2.21. The van der Waals surface area contributed by atoms with Crippen LogP contribution < -0.4 is 0 Å². The third kappa shape index (κ3) is 1.80. The van der Waals surface area contributed by atoms with Crippen molar-refractivity contribution in [1.82, 2.24) is 4.57 Å². The summed E-state index contributed by atoms with van der Waals surface area (Å²) in [6, 6.07) is 5.49. The van der Waals surface area contributed by atoms with Gasteiger partial charge < -0.3 is 9.67 Å². The maximum atomic E-state index is 13.0. The van der Waals surface area contributed by atoms with Crippen LogP contribution in [-0.4, -0.2) is 21.4 Å². The van der Waals surface area contributed by atoms with E-state index in [1.165, 1.54) is 24.3 Å². The predicted octanol–water partition coefficient (Wildman–Crippen LogP) is 2.07. The molecule has 1 aromatic heterocycles. The van der Waals surface area contributed by atoms with Crippen LogP contribution in [-0.2, 0) is 11.3 Å². The van der Waals surface area contributed by atoms with Gasteiger partial charge in [0.2, 0.25) is 0 Å². The minimum Gasteiger partial charge on any atom is -0.475 e. The van der Waals surface area contributed by atoms with Gasteiger partial charge in [0.15, 0.2) is 0 Å². The van der Waals surface area contributed by atoms with Crippen LogP contribution in [0.25, 0.3) is 10.9 Å². The maximum Gasteiger partial charge on any atom is 0.378 e. The first-order valence-electron chi connectivity index (χ1n) is 5.11. The van der Waals surface area contributed by atoms with Crippen LogP contribution >= 0.6 is 0 Å². The summed E-state index contributed by atoms with van der Waals surface area (Å²) in [5, 5.41) is 9.22. The molecule has 0 saturated heterocycles. The van der Waals surface area contributed by atoms with E-state index >= 15 is 0 Å². The Balaban J connectivity index is 2.71. The van der Waals surface area contributed by atoms with E-state index in [1.807, 2.05) is 0 Å². The zero-order valence-electron chi connectivity index (χ0n) is 9.11. The van der Waals surface area contributed by atoms with Gasteiger partial charge in [-0.25, -0.2) is 9.18 Å². The Bertz CT molecular complexity index is 615. The first-order chi connectivity index (χ1) is 8.04. The van der Waals surface area contributed by atoms with E-state index in [4.69, 9.17) is 5.11 Å². The minimum absolute atomic E-state index is 0.0700. The number of halogens is 1. The number of aryl methyl sites for hydroxylation is 1. The van der Waals surface area contributed by atoms with E-state index < -0.39 is 17.6 Å². The molecule has 1 N–H and O–H groups in total. The molecule has 1 heterocycles. The van der Waals surface area contributed by atoms with Crippen molar-refractivity contribution >= 4 is 22.7 Å². The summed E-state index contributed by atoms with van der Waals surface area (Å²) in [4.78, 5) is 22.1. The number of nitrogens with zero attached hydrogens (tertiary/aromatic N) is 1. The smallest absolute Gasteiger partial charge is 0.378 e. The fraction of sp³-hybridized carbons (Fsp3) is 0.167. The van der Waals surface area contributed by atoms with Crippen LogP contribution in [0.4, 0.5) is 4.39 Å². The molecule has 2 rings (SSSR count). The van der Waals surface area contributed by atoms with Gasteiger partial charge in [-0.3, -0.25) is 4.79 Å². The molecule has 1 aromatic carbocycles. The molecule has 0 aliphatic carbocycles. The van der Waals surface area contributed by atoms with Crippen molar-refractivity contribution in [1.29, 1.82) is 0 Å². The molecule has 2 aromatic rings. The molecular formula is C12H10FNO3. The number of ketones is 1. The van der Waals surface area contributed by atoms with Gasteiger partial charge in [0.25, 0.3) is 5.78 Å². The minimum atomic E-state index is -1.51. The second-order valence-corrected chi connectivity index (χ2v) is 3.61. The zero-order chi connectivity index (χ0) is 12.6. The Morgan fingerprint density at radius 1 is 1.35 bits per heavy atom. The third-order valence-corrected chi connectivity index (χ3v) is 2.61. The first kappa shape index (κ1) is 11.3. The number of hydrogen-bond acceptors (Lipinski definition) is 2. The molecule has 4 nitrogen and oxygen atoms in total. The average molecular weight is 235 g/mol. The van der Waals surface area contributed by atoms with Gasteiger partial charge >= 0.3 is 5.97 Å². The van der Waals surface area contributed by atoms with Crippen LogP contribution in [0.3, 0.4) is 0 Å². The van der Waals surface area contributed by atoms with Crippen molar-refractivity contribution < 1.29 is 19.1 Å². The largest absolute Gasteiger partial charge is 0.475 e. The molecule has 0 amide bonds. The molecule has 0 unspecified atom stereocenters. The number of carbonyl (C=O) groups is 2. The van der Waals surface area contributed by atoms with Crippen LogP contribution in [0.1, 0.15) is 17.4 Å². The number of carbonyl (C=O) groups excluding carboxylic acids is 1. The zero-order valence-corrected chi connectivity index (χ0v) is 9.11. The number of aliphatic carboxylic acids is 1. The maximum absolute atomic E-state index is 13.0. The van der Waals surface area contributed by atoms with Crippen LogP contribution in [0.5, 0.6) is 0 Å². The first-order valence-corrected chi connectivity index (χ1v) is 5.11. The average Bonchev–Trinajstić information content (AvgIpc) is 2.64. The number of carboxylic acids is 1. The molecule has 0 fully saturated rings. The molecule has 0 radical (unpaired) electrons. The Morgan fingerprint density at radius 3 is 2.65 bits per heavy atom. The lowest BCUT2D eigenvalue weighted by molar-refractivity contribution is -0.131. The Labute approximate surface area is 96.3 Å². The summed E-state index contributed by atoms with van der Waals surface area (Å²) in [7, 11) is 0. The van der Waals surface area contributed by atoms with Gasteiger partial charge in [-0.1, -0.05) is 0 Å². The van der Waals surface area contributed by atoms with Gasteiger partial charge in [-0.2, -0.15) is 0 Å². The Hall–Kier alpha value is -2.17. The van der Waals surface area contributed by atoms with Crippen LogP contribution in [0.2, 0.25) is 0 Å². The molecule has 5 heteroatoms. The molecule has 17 heavy (non-hydrogen) atoms. The van der Waals surface area contributed by atoms with E-state index in [0.29, 0.717) is 17.4 Å². The van der Waals surface area contributed by atoms with Crippen LogP contribution in [0.15, 0.2) is 24.3 Å². The molecule has 0 aliphatic rings. The third-order valence-electron chi connectivity index (χ3n) is 2.61. The topological polar surface area (TPSA) is 59.3 Å². The number of aromatic nitrogens is 1. The monoisotopic (exact) mass is 235 g/mol. The molecule has 88 valence electrons. The second kappa shape index (κ2) is 4.01. The van der Waals surface area contributed by atoms with Crippen molar-refractivity contribution in [2.75, 3.05) is 0 Å². The van der Waals surface area contributed by atoms with Gasteiger partial charge in [0.05, 0.1) is 5.69 Å². The van der Waals surface area contributed by atoms with Gasteiger partial charge in [0.1, 0.15) is 5.82 Å². The van der Waals surface area contributed by atoms with Crippen molar-refractivity contribution in [3.63, 3.8) is 0 Å². The highest BCUT2D eigenvalue weighted by molar-refractivity contribution is 6.39. The van der Waals surface area contributed by atoms with Crippen molar-refractivity contribution in [3.05, 3.63) is 35.8 Å². The normalized spacial score (nSPS) is 10.7. The molecular weight excluding hydrogens is 225 g/mol. The quantitative estimate of drug-likeness (QED) is 0.654. The van der Waals surface area contributed by atoms with E-state index in [1.54, 1.807) is 11.5 Å². The number of fused-ring (bicyclic) bond motifs is 1. The van der Waals surface area contributed by atoms with Crippen molar-refractivity contribution in [3.8, 4) is 0 Å². The van der Waals surface area contributed by atoms with Gasteiger partial charge in [0, 0.05) is 17.4 Å². The Morgan fingerprint density at radius 2 is 2.06 bits per heavy atom. The van der Waals surface area contributed by atoms with E-state index in [2.05, 4.69) is 0 Å².